The highest BCUT2D eigenvalue weighted by atomic mass is 35.5. The highest BCUT2D eigenvalue weighted by Crippen LogP contribution is 2.19. The molecule has 110 valence electrons. The zero-order chi connectivity index (χ0) is 15.4. The number of carboxylic acid groups (broad SMARTS) is 1. The van der Waals surface area contributed by atoms with Crippen molar-refractivity contribution < 1.29 is 14.7 Å². The Morgan fingerprint density at radius 2 is 2.05 bits per heavy atom. The lowest BCUT2D eigenvalue weighted by Crippen LogP contribution is -2.43. The Morgan fingerprint density at radius 1 is 1.45 bits per heavy atom. The van der Waals surface area contributed by atoms with Crippen LogP contribution in [0.3, 0.4) is 0 Å². The molecule has 0 spiro atoms. The minimum Gasteiger partial charge on any atom is -0.480 e. The maximum absolute atomic E-state index is 11.7. The number of hydrogen-bond acceptors (Lipinski definition) is 3. The summed E-state index contributed by atoms with van der Waals surface area (Å²) in [5, 5.41) is 16.0. The van der Waals surface area contributed by atoms with Crippen molar-refractivity contribution in [1.29, 1.82) is 0 Å². The van der Waals surface area contributed by atoms with Crippen LogP contribution in [0, 0.1) is 12.8 Å². The van der Waals surface area contributed by atoms with E-state index in [0.29, 0.717) is 16.4 Å². The zero-order valence-corrected chi connectivity index (χ0v) is 12.6. The molecule has 0 aliphatic rings. The average Bonchev–Trinajstić information content (AvgIpc) is 2.57. The zero-order valence-electron chi connectivity index (χ0n) is 11.8. The number of hydrogen-bond donors (Lipinski definition) is 2. The molecular weight excluding hydrogens is 282 g/mol. The lowest BCUT2D eigenvalue weighted by Gasteiger charge is -2.16. The standard InChI is InChI=1S/C13H18ClN3O3/c1-7(2)11(13(19)20)15-10(18)6-5-9-8(3)16-17(4)12(9)14/h5-7,11H,1-4H3,(H,15,18)(H,19,20)/b6-5+. The average molecular weight is 300 g/mol. The van der Waals surface area contributed by atoms with Crippen LogP contribution in [0.4, 0.5) is 0 Å². The van der Waals surface area contributed by atoms with Gasteiger partial charge in [0, 0.05) is 18.7 Å². The Kier molecular flexibility index (Phi) is 5.33. The highest BCUT2D eigenvalue weighted by Gasteiger charge is 2.22. The summed E-state index contributed by atoms with van der Waals surface area (Å²) < 4.78 is 1.50. The molecule has 1 aromatic heterocycles. The van der Waals surface area contributed by atoms with E-state index < -0.39 is 17.9 Å². The Bertz CT molecular complexity index is 549. The summed E-state index contributed by atoms with van der Waals surface area (Å²) in [5.41, 5.74) is 1.33. The van der Waals surface area contributed by atoms with Crippen molar-refractivity contribution in [1.82, 2.24) is 15.1 Å². The van der Waals surface area contributed by atoms with E-state index in [1.54, 1.807) is 27.8 Å². The van der Waals surface area contributed by atoms with E-state index >= 15 is 0 Å². The van der Waals surface area contributed by atoms with Gasteiger partial charge in [0.25, 0.3) is 0 Å². The van der Waals surface area contributed by atoms with Crippen molar-refractivity contribution in [3.8, 4) is 0 Å². The van der Waals surface area contributed by atoms with Crippen molar-refractivity contribution in [2.45, 2.75) is 26.8 Å². The van der Waals surface area contributed by atoms with Crippen LogP contribution in [-0.2, 0) is 16.6 Å². The molecule has 1 unspecified atom stereocenters. The molecule has 0 bridgehead atoms. The smallest absolute Gasteiger partial charge is 0.326 e. The third kappa shape index (κ3) is 3.84. The number of carboxylic acids is 1. The van der Waals surface area contributed by atoms with Gasteiger partial charge in [-0.2, -0.15) is 5.10 Å². The van der Waals surface area contributed by atoms with Crippen molar-refractivity contribution in [2.75, 3.05) is 0 Å². The Labute approximate surface area is 122 Å². The van der Waals surface area contributed by atoms with Gasteiger partial charge in [-0.1, -0.05) is 25.4 Å². The lowest BCUT2D eigenvalue weighted by molar-refractivity contribution is -0.142. The normalized spacial score (nSPS) is 12.9. The van der Waals surface area contributed by atoms with Crippen molar-refractivity contribution in [3.63, 3.8) is 0 Å². The molecule has 7 heteroatoms. The summed E-state index contributed by atoms with van der Waals surface area (Å²) in [5.74, 6) is -1.74. The molecule has 0 aliphatic carbocycles. The summed E-state index contributed by atoms with van der Waals surface area (Å²) in [6, 6.07) is -0.919. The maximum atomic E-state index is 11.7. The molecule has 6 nitrogen and oxygen atoms in total. The Balaban J connectivity index is 2.80. The number of nitrogens with zero attached hydrogens (tertiary/aromatic N) is 2. The summed E-state index contributed by atoms with van der Waals surface area (Å²) in [6.45, 7) is 5.23. The molecule has 0 fully saturated rings. The van der Waals surface area contributed by atoms with Gasteiger partial charge >= 0.3 is 5.97 Å². The molecular formula is C13H18ClN3O3. The number of halogens is 1. The van der Waals surface area contributed by atoms with E-state index in [2.05, 4.69) is 10.4 Å². The Morgan fingerprint density at radius 3 is 2.45 bits per heavy atom. The van der Waals surface area contributed by atoms with Crippen LogP contribution in [0.1, 0.15) is 25.1 Å². The molecule has 0 saturated heterocycles. The van der Waals surface area contributed by atoms with Gasteiger partial charge in [0.2, 0.25) is 5.91 Å². The molecule has 1 rings (SSSR count). The predicted octanol–water partition coefficient (Wildman–Crippen LogP) is 1.62. The van der Waals surface area contributed by atoms with Gasteiger partial charge < -0.3 is 10.4 Å². The lowest BCUT2D eigenvalue weighted by atomic mass is 10.0. The number of aliphatic carboxylic acids is 1. The Hall–Kier alpha value is -1.82. The van der Waals surface area contributed by atoms with Crippen LogP contribution < -0.4 is 5.32 Å². The molecule has 1 atom stereocenters. The molecule has 1 amide bonds. The molecule has 2 N–H and O–H groups in total. The van der Waals surface area contributed by atoms with Gasteiger partial charge in [0.15, 0.2) is 0 Å². The van der Waals surface area contributed by atoms with Crippen molar-refractivity contribution in [2.24, 2.45) is 13.0 Å². The van der Waals surface area contributed by atoms with E-state index in [-0.39, 0.29) is 5.92 Å². The van der Waals surface area contributed by atoms with Crippen LogP contribution >= 0.6 is 11.6 Å². The first-order valence-corrected chi connectivity index (χ1v) is 6.52. The highest BCUT2D eigenvalue weighted by molar-refractivity contribution is 6.31. The molecule has 0 aromatic carbocycles. The maximum Gasteiger partial charge on any atom is 0.326 e. The number of carbonyl (C=O) groups is 2. The fourth-order valence-electron chi connectivity index (χ4n) is 1.71. The molecule has 1 heterocycles. The van der Waals surface area contributed by atoms with Crippen LogP contribution in [0.2, 0.25) is 5.15 Å². The van der Waals surface area contributed by atoms with Crippen LogP contribution in [0.25, 0.3) is 6.08 Å². The first-order valence-electron chi connectivity index (χ1n) is 6.14. The van der Waals surface area contributed by atoms with E-state index in [1.165, 1.54) is 16.8 Å². The minimum atomic E-state index is -1.06. The largest absolute Gasteiger partial charge is 0.480 e. The third-order valence-corrected chi connectivity index (χ3v) is 3.28. The number of aromatic nitrogens is 2. The fraction of sp³-hybridized carbons (Fsp3) is 0.462. The molecule has 0 aliphatic heterocycles. The SMILES string of the molecule is Cc1nn(C)c(Cl)c1/C=C/C(=O)NC(C(=O)O)C(C)C. The van der Waals surface area contributed by atoms with Gasteiger partial charge in [0.05, 0.1) is 5.69 Å². The quantitative estimate of drug-likeness (QED) is 0.809. The monoisotopic (exact) mass is 299 g/mol. The van der Waals surface area contributed by atoms with Crippen LogP contribution in [0.15, 0.2) is 6.08 Å². The summed E-state index contributed by atoms with van der Waals surface area (Å²) in [7, 11) is 1.70. The van der Waals surface area contributed by atoms with E-state index in [0.717, 1.165) is 0 Å². The second-order valence-electron chi connectivity index (χ2n) is 4.82. The minimum absolute atomic E-state index is 0.200. The molecule has 0 saturated carbocycles. The summed E-state index contributed by atoms with van der Waals surface area (Å²) in [6.07, 6.45) is 2.79. The van der Waals surface area contributed by atoms with E-state index in [9.17, 15) is 9.59 Å². The fourth-order valence-corrected chi connectivity index (χ4v) is 1.95. The topological polar surface area (TPSA) is 84.2 Å². The molecule has 0 radical (unpaired) electrons. The van der Waals surface area contributed by atoms with Crippen LogP contribution in [0.5, 0.6) is 0 Å². The van der Waals surface area contributed by atoms with Gasteiger partial charge in [0.1, 0.15) is 11.2 Å². The number of amides is 1. The molecule has 1 aromatic rings. The second kappa shape index (κ2) is 6.56. The van der Waals surface area contributed by atoms with E-state index in [4.69, 9.17) is 16.7 Å². The van der Waals surface area contributed by atoms with Gasteiger partial charge in [-0.15, -0.1) is 0 Å². The first-order chi connectivity index (χ1) is 9.23. The van der Waals surface area contributed by atoms with Gasteiger partial charge in [-0.3, -0.25) is 9.48 Å². The van der Waals surface area contributed by atoms with Crippen molar-refractivity contribution in [3.05, 3.63) is 22.5 Å². The second-order valence-corrected chi connectivity index (χ2v) is 5.17. The van der Waals surface area contributed by atoms with Crippen LogP contribution in [-0.4, -0.2) is 32.8 Å². The summed E-state index contributed by atoms with van der Waals surface area (Å²) >= 11 is 6.03. The third-order valence-electron chi connectivity index (χ3n) is 2.83. The number of carbonyl (C=O) groups excluding carboxylic acids is 1. The van der Waals surface area contributed by atoms with Gasteiger partial charge in [-0.05, 0) is 18.9 Å². The van der Waals surface area contributed by atoms with E-state index in [1.807, 2.05) is 0 Å². The first kappa shape index (κ1) is 16.2. The summed E-state index contributed by atoms with van der Waals surface area (Å²) in [4.78, 5) is 22.7. The van der Waals surface area contributed by atoms with Gasteiger partial charge in [-0.25, -0.2) is 4.79 Å². The van der Waals surface area contributed by atoms with Crippen molar-refractivity contribution >= 4 is 29.6 Å². The molecule has 20 heavy (non-hydrogen) atoms. The number of rotatable bonds is 5. The predicted molar refractivity (Wildman–Crippen MR) is 76.4 cm³/mol. The number of aryl methyl sites for hydroxylation is 2. The number of nitrogens with one attached hydrogen (secondary N) is 1.